The molecule has 0 aliphatic heterocycles. The number of rotatable bonds is 7. The minimum Gasteiger partial charge on any atom is -0.406 e. The first-order valence-electron chi connectivity index (χ1n) is 10.3. The Morgan fingerprint density at radius 1 is 1.12 bits per heavy atom. The van der Waals surface area contributed by atoms with Crippen LogP contribution in [0.5, 0.6) is 5.75 Å². The van der Waals surface area contributed by atoms with Crippen LogP contribution in [-0.4, -0.2) is 31.9 Å². The van der Waals surface area contributed by atoms with Gasteiger partial charge in [0.1, 0.15) is 11.5 Å². The number of Topliss-reactive ketones (excluding diaryl/α,β-unsaturated/α-hetero) is 1. The molecule has 0 aliphatic carbocycles. The molecule has 0 N–H and O–H groups in total. The van der Waals surface area contributed by atoms with E-state index in [1.54, 1.807) is 36.3 Å². The Bertz CT molecular complexity index is 1300. The van der Waals surface area contributed by atoms with Crippen molar-refractivity contribution in [2.45, 2.75) is 39.0 Å². The lowest BCUT2D eigenvalue weighted by molar-refractivity contribution is -0.274. The molecule has 0 saturated heterocycles. The average Bonchev–Trinajstić information content (AvgIpc) is 3.16. The first-order chi connectivity index (χ1) is 15.7. The minimum absolute atomic E-state index is 0.0614. The number of aryl methyl sites for hydroxylation is 1. The highest BCUT2D eigenvalue weighted by molar-refractivity contribution is 5.84. The maximum atomic E-state index is 12.6. The number of fused-ring (bicyclic) bond motifs is 1. The number of hydrogen-bond acceptors (Lipinski definition) is 5. The second kappa shape index (κ2) is 9.01. The summed E-state index contributed by atoms with van der Waals surface area (Å²) in [5.41, 5.74) is 3.76. The maximum absolute atomic E-state index is 12.6. The molecule has 1 atom stereocenters. The number of alkyl halides is 3. The number of carbonyl (C=O) groups excluding carboxylic acids is 1. The molecule has 1 aromatic carbocycles. The lowest BCUT2D eigenvalue weighted by Crippen LogP contribution is -2.17. The van der Waals surface area contributed by atoms with E-state index in [2.05, 4.69) is 19.8 Å². The largest absolute Gasteiger partial charge is 0.573 e. The average molecular weight is 454 g/mol. The van der Waals surface area contributed by atoms with Crippen molar-refractivity contribution in [3.05, 3.63) is 78.0 Å². The molecule has 4 rings (SSSR count). The molecule has 3 heterocycles. The molecule has 33 heavy (non-hydrogen) atoms. The van der Waals surface area contributed by atoms with Crippen molar-refractivity contribution in [2.75, 3.05) is 0 Å². The molecule has 4 aromatic rings. The van der Waals surface area contributed by atoms with Gasteiger partial charge >= 0.3 is 6.36 Å². The topological polar surface area (TPSA) is 69.9 Å². The van der Waals surface area contributed by atoms with Gasteiger partial charge in [0.25, 0.3) is 0 Å². The first kappa shape index (κ1) is 22.4. The zero-order valence-electron chi connectivity index (χ0n) is 18.0. The summed E-state index contributed by atoms with van der Waals surface area (Å²) in [6.45, 7) is 3.69. The van der Waals surface area contributed by atoms with Crippen LogP contribution >= 0.6 is 0 Å². The molecular formula is C24H21F3N4O2. The van der Waals surface area contributed by atoms with Gasteiger partial charge in [0.15, 0.2) is 0 Å². The van der Waals surface area contributed by atoms with Crippen LogP contribution in [-0.2, 0) is 11.2 Å². The van der Waals surface area contributed by atoms with Crippen LogP contribution in [0.25, 0.3) is 16.6 Å². The number of benzene rings is 1. The van der Waals surface area contributed by atoms with Gasteiger partial charge in [0.05, 0.1) is 23.6 Å². The van der Waals surface area contributed by atoms with E-state index in [1.807, 2.05) is 25.1 Å². The van der Waals surface area contributed by atoms with Crippen LogP contribution in [0, 0.1) is 6.92 Å². The first-order valence-corrected chi connectivity index (χ1v) is 10.3. The Balaban J connectivity index is 1.44. The summed E-state index contributed by atoms with van der Waals surface area (Å²) in [6.07, 6.45) is 0.650. The van der Waals surface area contributed by atoms with E-state index in [9.17, 15) is 18.0 Å². The summed E-state index contributed by atoms with van der Waals surface area (Å²) in [4.78, 5) is 21.2. The van der Waals surface area contributed by atoms with Gasteiger partial charge in [-0.25, -0.2) is 4.68 Å². The molecule has 1 unspecified atom stereocenters. The van der Waals surface area contributed by atoms with Gasteiger partial charge in [-0.05, 0) is 48.7 Å². The van der Waals surface area contributed by atoms with Crippen LogP contribution < -0.4 is 4.74 Å². The van der Waals surface area contributed by atoms with Crippen molar-refractivity contribution in [3.63, 3.8) is 0 Å². The third-order valence-electron chi connectivity index (χ3n) is 5.21. The number of carbonyl (C=O) groups is 1. The molecule has 0 spiro atoms. The fourth-order valence-corrected chi connectivity index (χ4v) is 3.69. The van der Waals surface area contributed by atoms with Gasteiger partial charge < -0.3 is 4.74 Å². The van der Waals surface area contributed by atoms with Crippen molar-refractivity contribution in [1.82, 2.24) is 19.7 Å². The molecule has 9 heteroatoms. The van der Waals surface area contributed by atoms with Gasteiger partial charge in [0, 0.05) is 35.8 Å². The number of hydrogen-bond donors (Lipinski definition) is 0. The van der Waals surface area contributed by atoms with Gasteiger partial charge in [-0.2, -0.15) is 5.10 Å². The summed E-state index contributed by atoms with van der Waals surface area (Å²) >= 11 is 0. The lowest BCUT2D eigenvalue weighted by Gasteiger charge is -2.14. The summed E-state index contributed by atoms with van der Waals surface area (Å²) in [6, 6.07) is 11.3. The molecule has 0 aliphatic rings. The van der Waals surface area contributed by atoms with Gasteiger partial charge in [-0.1, -0.05) is 19.1 Å². The van der Waals surface area contributed by atoms with E-state index in [4.69, 9.17) is 0 Å². The second-order valence-electron chi connectivity index (χ2n) is 7.89. The highest BCUT2D eigenvalue weighted by atomic mass is 19.4. The van der Waals surface area contributed by atoms with Gasteiger partial charge in [-0.15, -0.1) is 13.2 Å². The Morgan fingerprint density at radius 3 is 2.70 bits per heavy atom. The van der Waals surface area contributed by atoms with E-state index in [0.717, 1.165) is 22.3 Å². The van der Waals surface area contributed by atoms with Crippen LogP contribution in [0.2, 0.25) is 0 Å². The van der Waals surface area contributed by atoms with Crippen molar-refractivity contribution in [3.8, 4) is 11.4 Å². The highest BCUT2D eigenvalue weighted by Crippen LogP contribution is 2.28. The third-order valence-corrected chi connectivity index (χ3v) is 5.21. The van der Waals surface area contributed by atoms with Crippen LogP contribution in [0.15, 0.2) is 61.1 Å². The molecule has 170 valence electrons. The van der Waals surface area contributed by atoms with Crippen LogP contribution in [0.1, 0.15) is 36.2 Å². The number of halogens is 3. The molecule has 0 fully saturated rings. The standard InChI is InChI=1S/C24H21F3N4O2/c1-15(17-4-3-5-22(11-17)33-24(25,26)27)8-21(32)12-19-10-18-13-30-31(23(18)14-29-19)20-6-7-28-16(2)9-20/h3-7,9-11,13-15H,8,12H2,1-2H3. The quantitative estimate of drug-likeness (QED) is 0.378. The van der Waals surface area contributed by atoms with E-state index in [0.29, 0.717) is 11.3 Å². The van der Waals surface area contributed by atoms with Gasteiger partial charge in [-0.3, -0.25) is 14.8 Å². The fraction of sp³-hybridized carbons (Fsp3) is 0.250. The van der Waals surface area contributed by atoms with Crippen molar-refractivity contribution >= 4 is 16.7 Å². The van der Waals surface area contributed by atoms with E-state index < -0.39 is 6.36 Å². The van der Waals surface area contributed by atoms with Crippen molar-refractivity contribution < 1.29 is 22.7 Å². The Hall–Kier alpha value is -3.75. The molecule has 0 saturated carbocycles. The number of aromatic nitrogens is 4. The Kier molecular flexibility index (Phi) is 6.13. The minimum atomic E-state index is -4.76. The van der Waals surface area contributed by atoms with E-state index >= 15 is 0 Å². The van der Waals surface area contributed by atoms with Crippen LogP contribution in [0.4, 0.5) is 13.2 Å². The number of ether oxygens (including phenoxy) is 1. The maximum Gasteiger partial charge on any atom is 0.573 e. The molecular weight excluding hydrogens is 433 g/mol. The normalized spacial score (nSPS) is 12.6. The number of pyridine rings is 2. The van der Waals surface area contributed by atoms with E-state index in [1.165, 1.54) is 18.2 Å². The zero-order chi connectivity index (χ0) is 23.6. The predicted molar refractivity (Wildman–Crippen MR) is 116 cm³/mol. The van der Waals surface area contributed by atoms with Gasteiger partial charge in [0.2, 0.25) is 0 Å². The molecule has 0 amide bonds. The smallest absolute Gasteiger partial charge is 0.406 e. The summed E-state index contributed by atoms with van der Waals surface area (Å²) in [5, 5.41) is 5.27. The fourth-order valence-electron chi connectivity index (χ4n) is 3.69. The summed E-state index contributed by atoms with van der Waals surface area (Å²) < 4.78 is 43.1. The molecule has 0 radical (unpaired) electrons. The lowest BCUT2D eigenvalue weighted by atomic mass is 9.94. The molecule has 0 bridgehead atoms. The third kappa shape index (κ3) is 5.54. The SMILES string of the molecule is Cc1cc(-n2ncc3cc(CC(=O)CC(C)c4cccc(OC(F)(F)F)c4)ncc32)ccn1. The molecule has 6 nitrogen and oxygen atoms in total. The zero-order valence-corrected chi connectivity index (χ0v) is 18.0. The summed E-state index contributed by atoms with van der Waals surface area (Å²) in [7, 11) is 0. The monoisotopic (exact) mass is 454 g/mol. The van der Waals surface area contributed by atoms with Crippen molar-refractivity contribution in [1.29, 1.82) is 0 Å². The van der Waals surface area contributed by atoms with Crippen molar-refractivity contribution in [2.24, 2.45) is 0 Å². The Labute approximate surface area is 188 Å². The predicted octanol–water partition coefficient (Wildman–Crippen LogP) is 5.33. The highest BCUT2D eigenvalue weighted by Gasteiger charge is 2.31. The number of nitrogens with zero attached hydrogens (tertiary/aromatic N) is 4. The number of ketones is 1. The molecule has 3 aromatic heterocycles. The van der Waals surface area contributed by atoms with E-state index in [-0.39, 0.29) is 30.3 Å². The Morgan fingerprint density at radius 2 is 1.94 bits per heavy atom. The second-order valence-corrected chi connectivity index (χ2v) is 7.89. The summed E-state index contributed by atoms with van der Waals surface area (Å²) in [5.74, 6) is -0.628. The van der Waals surface area contributed by atoms with Crippen LogP contribution in [0.3, 0.4) is 0 Å².